The summed E-state index contributed by atoms with van der Waals surface area (Å²) in [6.45, 7) is 4.23. The van der Waals surface area contributed by atoms with Crippen molar-refractivity contribution in [2.45, 2.75) is 0 Å². The average Bonchev–Trinajstić information content (AvgIpc) is 2.38. The van der Waals surface area contributed by atoms with Crippen LogP contribution in [0.2, 0.25) is 0 Å². The van der Waals surface area contributed by atoms with Gasteiger partial charge in [-0.3, -0.25) is 5.01 Å². The van der Waals surface area contributed by atoms with Crippen LogP contribution in [-0.2, 0) is 0 Å². The SMILES string of the molecule is CN1CCN(/N=C\C=C\c2ccccc2)CC1. The lowest BCUT2D eigenvalue weighted by Crippen LogP contribution is -2.41. The van der Waals surface area contributed by atoms with Crippen molar-refractivity contribution in [1.82, 2.24) is 9.91 Å². The number of allylic oxidation sites excluding steroid dienone is 1. The summed E-state index contributed by atoms with van der Waals surface area (Å²) in [6.07, 6.45) is 5.94. The highest BCUT2D eigenvalue weighted by Crippen LogP contribution is 2.01. The van der Waals surface area contributed by atoms with Gasteiger partial charge in [-0.1, -0.05) is 36.4 Å². The third-order valence-electron chi connectivity index (χ3n) is 2.88. The van der Waals surface area contributed by atoms with Gasteiger partial charge in [0.25, 0.3) is 0 Å². The Morgan fingerprint density at radius 2 is 1.76 bits per heavy atom. The molecule has 0 aliphatic carbocycles. The molecule has 17 heavy (non-hydrogen) atoms. The minimum atomic E-state index is 1.02. The molecule has 0 spiro atoms. The van der Waals surface area contributed by atoms with E-state index in [4.69, 9.17) is 0 Å². The zero-order valence-corrected chi connectivity index (χ0v) is 10.3. The first-order chi connectivity index (χ1) is 8.34. The van der Waals surface area contributed by atoms with Crippen molar-refractivity contribution in [2.24, 2.45) is 5.10 Å². The average molecular weight is 229 g/mol. The van der Waals surface area contributed by atoms with E-state index >= 15 is 0 Å². The van der Waals surface area contributed by atoms with Crippen LogP contribution in [0.25, 0.3) is 6.08 Å². The van der Waals surface area contributed by atoms with E-state index in [2.05, 4.69) is 40.3 Å². The predicted molar refractivity (Wildman–Crippen MR) is 73.0 cm³/mol. The molecule has 90 valence electrons. The second kappa shape index (κ2) is 6.21. The Bertz CT molecular complexity index is 376. The molecule has 0 unspecified atom stereocenters. The highest BCUT2D eigenvalue weighted by Gasteiger charge is 2.10. The number of piperazine rings is 1. The van der Waals surface area contributed by atoms with E-state index in [-0.39, 0.29) is 0 Å². The summed E-state index contributed by atoms with van der Waals surface area (Å²) in [4.78, 5) is 2.33. The fourth-order valence-electron chi connectivity index (χ4n) is 1.76. The molecular formula is C14H19N3. The standard InChI is InChI=1S/C14H19N3/c1-16-10-12-17(13-11-16)15-9-5-8-14-6-3-2-4-7-14/h2-9H,10-13H2,1H3/b8-5+,15-9-. The topological polar surface area (TPSA) is 18.8 Å². The first-order valence-electron chi connectivity index (χ1n) is 6.04. The van der Waals surface area contributed by atoms with Crippen LogP contribution in [0.15, 0.2) is 41.5 Å². The number of benzene rings is 1. The van der Waals surface area contributed by atoms with E-state index in [1.165, 1.54) is 5.56 Å². The predicted octanol–water partition coefficient (Wildman–Crippen LogP) is 1.93. The number of hydrogen-bond acceptors (Lipinski definition) is 3. The molecule has 0 radical (unpaired) electrons. The molecule has 0 saturated carbocycles. The fraction of sp³-hybridized carbons (Fsp3) is 0.357. The monoisotopic (exact) mass is 229 g/mol. The molecule has 1 heterocycles. The van der Waals surface area contributed by atoms with E-state index in [0.717, 1.165) is 26.2 Å². The maximum absolute atomic E-state index is 4.43. The summed E-state index contributed by atoms with van der Waals surface area (Å²) in [5.74, 6) is 0. The van der Waals surface area contributed by atoms with Crippen molar-refractivity contribution >= 4 is 12.3 Å². The van der Waals surface area contributed by atoms with Gasteiger partial charge >= 0.3 is 0 Å². The third kappa shape index (κ3) is 4.04. The Morgan fingerprint density at radius 1 is 1.06 bits per heavy atom. The number of rotatable bonds is 3. The molecule has 3 heteroatoms. The molecule has 1 aromatic carbocycles. The molecule has 0 atom stereocenters. The second-order valence-electron chi connectivity index (χ2n) is 4.29. The number of likely N-dealkylation sites (N-methyl/N-ethyl adjacent to an activating group) is 1. The molecule has 3 nitrogen and oxygen atoms in total. The molecule has 1 aromatic rings. The minimum Gasteiger partial charge on any atom is -0.303 e. The maximum Gasteiger partial charge on any atom is 0.0488 e. The zero-order chi connectivity index (χ0) is 11.9. The van der Waals surface area contributed by atoms with Gasteiger partial charge < -0.3 is 4.90 Å². The van der Waals surface area contributed by atoms with E-state index in [0.29, 0.717) is 0 Å². The van der Waals surface area contributed by atoms with Crippen LogP contribution in [0.3, 0.4) is 0 Å². The summed E-state index contributed by atoms with van der Waals surface area (Å²) in [7, 11) is 2.15. The van der Waals surface area contributed by atoms with Crippen LogP contribution in [0.4, 0.5) is 0 Å². The summed E-state index contributed by atoms with van der Waals surface area (Å²) >= 11 is 0. The van der Waals surface area contributed by atoms with Crippen LogP contribution < -0.4 is 0 Å². The third-order valence-corrected chi connectivity index (χ3v) is 2.88. The van der Waals surface area contributed by atoms with Gasteiger partial charge in [0.2, 0.25) is 0 Å². The fourth-order valence-corrected chi connectivity index (χ4v) is 1.76. The number of hydrazone groups is 1. The number of hydrogen-bond donors (Lipinski definition) is 0. The lowest BCUT2D eigenvalue weighted by molar-refractivity contribution is 0.160. The molecule has 0 aromatic heterocycles. The van der Waals surface area contributed by atoms with Crippen LogP contribution in [-0.4, -0.2) is 49.4 Å². The molecule has 1 fully saturated rings. The summed E-state index contributed by atoms with van der Waals surface area (Å²) in [5, 5.41) is 6.55. The second-order valence-corrected chi connectivity index (χ2v) is 4.29. The van der Waals surface area contributed by atoms with Crippen LogP contribution in [0.1, 0.15) is 5.56 Å². The quantitative estimate of drug-likeness (QED) is 0.738. The van der Waals surface area contributed by atoms with Gasteiger partial charge in [-0.15, -0.1) is 0 Å². The van der Waals surface area contributed by atoms with Crippen molar-refractivity contribution in [3.63, 3.8) is 0 Å². The Labute approximate surface area is 103 Å². The van der Waals surface area contributed by atoms with Crippen molar-refractivity contribution < 1.29 is 0 Å². The van der Waals surface area contributed by atoms with Crippen molar-refractivity contribution in [2.75, 3.05) is 33.2 Å². The molecule has 1 aliphatic rings. The smallest absolute Gasteiger partial charge is 0.0488 e. The maximum atomic E-state index is 4.43. The van der Waals surface area contributed by atoms with Gasteiger partial charge in [0.1, 0.15) is 0 Å². The van der Waals surface area contributed by atoms with Gasteiger partial charge in [-0.25, -0.2) is 0 Å². The summed E-state index contributed by atoms with van der Waals surface area (Å²) < 4.78 is 0. The first-order valence-corrected chi connectivity index (χ1v) is 6.04. The Balaban J connectivity index is 1.80. The van der Waals surface area contributed by atoms with Gasteiger partial charge in [0.15, 0.2) is 0 Å². The molecule has 1 saturated heterocycles. The summed E-state index contributed by atoms with van der Waals surface area (Å²) in [5.41, 5.74) is 1.21. The lowest BCUT2D eigenvalue weighted by atomic mass is 10.2. The number of nitrogens with zero attached hydrogens (tertiary/aromatic N) is 3. The highest BCUT2D eigenvalue weighted by atomic mass is 15.5. The molecule has 2 rings (SSSR count). The van der Waals surface area contributed by atoms with Crippen molar-refractivity contribution in [3.05, 3.63) is 42.0 Å². The molecule has 1 aliphatic heterocycles. The largest absolute Gasteiger partial charge is 0.303 e. The van der Waals surface area contributed by atoms with Crippen molar-refractivity contribution in [3.8, 4) is 0 Å². The van der Waals surface area contributed by atoms with E-state index in [1.54, 1.807) is 0 Å². The van der Waals surface area contributed by atoms with Gasteiger partial charge in [-0.05, 0) is 18.7 Å². The van der Waals surface area contributed by atoms with E-state index in [1.807, 2.05) is 30.5 Å². The Morgan fingerprint density at radius 3 is 2.47 bits per heavy atom. The Kier molecular flexibility index (Phi) is 4.33. The lowest BCUT2D eigenvalue weighted by Gasteiger charge is -2.30. The van der Waals surface area contributed by atoms with Crippen LogP contribution >= 0.6 is 0 Å². The van der Waals surface area contributed by atoms with Crippen LogP contribution in [0, 0.1) is 0 Å². The van der Waals surface area contributed by atoms with Gasteiger partial charge in [0, 0.05) is 32.4 Å². The minimum absolute atomic E-state index is 1.02. The zero-order valence-electron chi connectivity index (χ0n) is 10.3. The van der Waals surface area contributed by atoms with E-state index < -0.39 is 0 Å². The molecule has 0 bridgehead atoms. The first kappa shape index (κ1) is 11.9. The highest BCUT2D eigenvalue weighted by molar-refractivity contribution is 5.77. The van der Waals surface area contributed by atoms with E-state index in [9.17, 15) is 0 Å². The van der Waals surface area contributed by atoms with Gasteiger partial charge in [0.05, 0.1) is 0 Å². The molecular weight excluding hydrogens is 210 g/mol. The molecule has 0 amide bonds. The van der Waals surface area contributed by atoms with Gasteiger partial charge in [-0.2, -0.15) is 5.10 Å². The normalized spacial score (nSPS) is 18.3. The van der Waals surface area contributed by atoms with Crippen molar-refractivity contribution in [1.29, 1.82) is 0 Å². The Hall–Kier alpha value is -1.61. The molecule has 0 N–H and O–H groups in total. The summed E-state index contributed by atoms with van der Waals surface area (Å²) in [6, 6.07) is 10.3. The van der Waals surface area contributed by atoms with Crippen LogP contribution in [0.5, 0.6) is 0 Å².